The van der Waals surface area contributed by atoms with Crippen LogP contribution >= 0.6 is 7.37 Å². The van der Waals surface area contributed by atoms with E-state index in [2.05, 4.69) is 45.0 Å². The Morgan fingerprint density at radius 2 is 1.46 bits per heavy atom. The quantitative estimate of drug-likeness (QED) is 0.148. The maximum Gasteiger partial charge on any atom is 0.338 e. The minimum atomic E-state index is -2.94. The zero-order valence-electron chi connectivity index (χ0n) is 24.5. The van der Waals surface area contributed by atoms with Crippen LogP contribution in [0.15, 0.2) is 91.0 Å². The molecule has 9 heteroatoms. The Labute approximate surface area is 244 Å². The third-order valence-corrected chi connectivity index (χ3v) is 13.6. The van der Waals surface area contributed by atoms with Crippen molar-refractivity contribution < 1.29 is 32.5 Å². The molecule has 220 valence electrons. The van der Waals surface area contributed by atoms with Gasteiger partial charge in [0.05, 0.1) is 18.8 Å². The van der Waals surface area contributed by atoms with Gasteiger partial charge >= 0.3 is 5.97 Å². The van der Waals surface area contributed by atoms with E-state index in [-0.39, 0.29) is 18.0 Å². The van der Waals surface area contributed by atoms with E-state index in [0.717, 1.165) is 10.4 Å². The van der Waals surface area contributed by atoms with Crippen LogP contribution in [-0.4, -0.2) is 59.0 Å². The minimum absolute atomic E-state index is 0.0901. The first-order chi connectivity index (χ1) is 19.6. The first-order valence-electron chi connectivity index (χ1n) is 14.0. The fourth-order valence-corrected chi connectivity index (χ4v) is 11.0. The Balaban J connectivity index is 1.62. The molecular formula is C32H41O7PSi. The van der Waals surface area contributed by atoms with Crippen molar-refractivity contribution in [1.29, 1.82) is 0 Å². The average Bonchev–Trinajstić information content (AvgIpc) is 3.34. The normalized spacial score (nSPS) is 20.9. The van der Waals surface area contributed by atoms with Crippen LogP contribution in [0, 0.1) is 0 Å². The lowest BCUT2D eigenvalue weighted by atomic mass is 10.2. The molecule has 41 heavy (non-hydrogen) atoms. The van der Waals surface area contributed by atoms with Crippen LogP contribution in [0.1, 0.15) is 44.5 Å². The van der Waals surface area contributed by atoms with E-state index in [1.165, 1.54) is 0 Å². The molecule has 0 N–H and O–H groups in total. The molecule has 0 radical (unpaired) electrons. The Hall–Kier alpha value is -2.58. The number of hydrogen-bond donors (Lipinski definition) is 0. The summed E-state index contributed by atoms with van der Waals surface area (Å²) in [6.07, 6.45) is -1.72. The Bertz CT molecular complexity index is 1260. The number of ether oxygens (including phenoxy) is 3. The number of benzene rings is 3. The van der Waals surface area contributed by atoms with Gasteiger partial charge in [-0.25, -0.2) is 4.79 Å². The highest BCUT2D eigenvalue weighted by Crippen LogP contribution is 2.43. The fraction of sp³-hybridized carbons (Fsp3) is 0.406. The van der Waals surface area contributed by atoms with Crippen LogP contribution in [0.25, 0.3) is 0 Å². The smallest absolute Gasteiger partial charge is 0.338 e. The number of carbonyl (C=O) groups excluding carboxylic acids is 1. The highest BCUT2D eigenvalue weighted by atomic mass is 31.2. The lowest BCUT2D eigenvalue weighted by Gasteiger charge is -2.43. The Morgan fingerprint density at radius 3 is 1.98 bits per heavy atom. The zero-order valence-corrected chi connectivity index (χ0v) is 26.4. The number of esters is 1. The second-order valence-corrected chi connectivity index (χ2v) is 18.2. The summed E-state index contributed by atoms with van der Waals surface area (Å²) in [4.78, 5) is 13.0. The topological polar surface area (TPSA) is 80.3 Å². The lowest BCUT2D eigenvalue weighted by molar-refractivity contribution is -0.132. The van der Waals surface area contributed by atoms with E-state index in [4.69, 9.17) is 23.2 Å². The van der Waals surface area contributed by atoms with Gasteiger partial charge in [0, 0.05) is 13.1 Å². The highest BCUT2D eigenvalue weighted by Gasteiger charge is 2.51. The molecule has 3 aromatic carbocycles. The highest BCUT2D eigenvalue weighted by molar-refractivity contribution is 7.57. The standard InChI is InChI=1S/C32H41O7PSi/c1-6-36-40(5,34)24-35-30-22-28(39-31(33)25-16-10-7-11-17-25)29(38-30)23-37-41(32(2,3)4,26-18-12-8-13-19-26)27-20-14-9-15-21-27/h7-21,28-30H,6,22-24H2,1-5H3/t28-,29+,30-,40?/m0/s1. The van der Waals surface area contributed by atoms with Gasteiger partial charge < -0.3 is 23.2 Å². The molecule has 7 nitrogen and oxygen atoms in total. The molecule has 4 atom stereocenters. The second kappa shape index (κ2) is 13.6. The van der Waals surface area contributed by atoms with Gasteiger partial charge in [0.25, 0.3) is 8.32 Å². The van der Waals surface area contributed by atoms with E-state index in [9.17, 15) is 9.36 Å². The minimum Gasteiger partial charge on any atom is -0.456 e. The summed E-state index contributed by atoms with van der Waals surface area (Å²) in [5.74, 6) is -0.439. The molecule has 0 amide bonds. The molecule has 0 saturated carbocycles. The number of hydrogen-bond acceptors (Lipinski definition) is 7. The van der Waals surface area contributed by atoms with Crippen molar-refractivity contribution in [1.82, 2.24) is 0 Å². The molecule has 0 aliphatic carbocycles. The Kier molecular flexibility index (Phi) is 10.4. The van der Waals surface area contributed by atoms with Crippen molar-refractivity contribution >= 4 is 32.0 Å². The van der Waals surface area contributed by atoms with Crippen molar-refractivity contribution in [3.8, 4) is 0 Å². The summed E-state index contributed by atoms with van der Waals surface area (Å²) in [6.45, 7) is 10.5. The van der Waals surface area contributed by atoms with Gasteiger partial charge in [-0.3, -0.25) is 4.57 Å². The molecule has 0 bridgehead atoms. The van der Waals surface area contributed by atoms with Crippen LogP contribution < -0.4 is 10.4 Å². The van der Waals surface area contributed by atoms with E-state index in [0.29, 0.717) is 18.6 Å². The van der Waals surface area contributed by atoms with Crippen molar-refractivity contribution in [2.75, 3.05) is 26.2 Å². The van der Waals surface area contributed by atoms with Crippen LogP contribution in [0.3, 0.4) is 0 Å². The van der Waals surface area contributed by atoms with Gasteiger partial charge in [-0.1, -0.05) is 99.6 Å². The maximum atomic E-state index is 13.0. The van der Waals surface area contributed by atoms with Gasteiger partial charge in [0.15, 0.2) is 6.29 Å². The molecule has 1 heterocycles. The summed E-state index contributed by atoms with van der Waals surface area (Å²) >= 11 is 0. The molecule has 1 fully saturated rings. The molecule has 0 spiro atoms. The first-order valence-corrected chi connectivity index (χ1v) is 18.2. The van der Waals surface area contributed by atoms with Gasteiger partial charge in [-0.15, -0.1) is 0 Å². The summed E-state index contributed by atoms with van der Waals surface area (Å²) < 4.78 is 43.3. The van der Waals surface area contributed by atoms with Crippen molar-refractivity contribution in [3.63, 3.8) is 0 Å². The molecule has 1 aliphatic rings. The van der Waals surface area contributed by atoms with Crippen molar-refractivity contribution in [2.45, 2.75) is 57.7 Å². The summed E-state index contributed by atoms with van der Waals surface area (Å²) in [5.41, 5.74) is 0.456. The number of carbonyl (C=O) groups is 1. The molecule has 1 unspecified atom stereocenters. The molecular weight excluding hydrogens is 555 g/mol. The number of rotatable bonds is 12. The van der Waals surface area contributed by atoms with Crippen LogP contribution in [0.5, 0.6) is 0 Å². The third-order valence-electron chi connectivity index (χ3n) is 7.21. The molecule has 0 aromatic heterocycles. The molecule has 1 aliphatic heterocycles. The SMILES string of the molecule is CCOP(C)(=O)CO[C@@H]1C[C@H](OC(=O)c2ccccc2)[C@@H](CO[Si](c2ccccc2)(c2ccccc2)C(C)(C)C)O1. The molecule has 4 rings (SSSR count). The fourth-order valence-electron chi connectivity index (χ4n) is 5.33. The van der Waals surface area contributed by atoms with Gasteiger partial charge in [-0.2, -0.15) is 0 Å². The summed E-state index contributed by atoms with van der Waals surface area (Å²) in [6, 6.07) is 29.6. The average molecular weight is 597 g/mol. The molecule has 3 aromatic rings. The third kappa shape index (κ3) is 7.63. The summed E-state index contributed by atoms with van der Waals surface area (Å²) in [5, 5.41) is 2.06. The summed E-state index contributed by atoms with van der Waals surface area (Å²) in [7, 11) is -5.80. The van der Waals surface area contributed by atoms with Gasteiger partial charge in [0.2, 0.25) is 7.37 Å². The first kappa shape index (κ1) is 31.4. The predicted octanol–water partition coefficient (Wildman–Crippen LogP) is 5.82. The predicted molar refractivity (Wildman–Crippen MR) is 164 cm³/mol. The van der Waals surface area contributed by atoms with Crippen LogP contribution in [0.2, 0.25) is 5.04 Å². The van der Waals surface area contributed by atoms with Gasteiger partial charge in [-0.05, 0) is 34.5 Å². The van der Waals surface area contributed by atoms with Crippen LogP contribution in [0.4, 0.5) is 0 Å². The van der Waals surface area contributed by atoms with E-state index in [1.54, 1.807) is 37.9 Å². The van der Waals surface area contributed by atoms with E-state index >= 15 is 0 Å². The largest absolute Gasteiger partial charge is 0.456 e. The van der Waals surface area contributed by atoms with Gasteiger partial charge in [0.1, 0.15) is 18.6 Å². The Morgan fingerprint density at radius 1 is 0.927 bits per heavy atom. The monoisotopic (exact) mass is 596 g/mol. The zero-order chi connectivity index (χ0) is 29.5. The molecule has 1 saturated heterocycles. The van der Waals surface area contributed by atoms with E-state index < -0.39 is 40.2 Å². The van der Waals surface area contributed by atoms with E-state index in [1.807, 2.05) is 42.5 Å². The lowest BCUT2D eigenvalue weighted by Crippen LogP contribution is -2.67. The van der Waals surface area contributed by atoms with Crippen molar-refractivity contribution in [2.24, 2.45) is 0 Å². The second-order valence-electron chi connectivity index (χ2n) is 11.4. The van der Waals surface area contributed by atoms with Crippen molar-refractivity contribution in [3.05, 3.63) is 96.6 Å². The van der Waals surface area contributed by atoms with Crippen LogP contribution in [-0.2, 0) is 27.7 Å². The maximum absolute atomic E-state index is 13.0.